The maximum absolute atomic E-state index is 10.5. The zero-order valence-corrected chi connectivity index (χ0v) is 7.16. The average molecular weight is 171 g/mol. The molecule has 2 heteroatoms. The minimum absolute atomic E-state index is 0.531. The van der Waals surface area contributed by atoms with Crippen LogP contribution < -0.4 is 0 Å². The molecule has 60 valence electrons. The number of hydrogen-bond acceptors (Lipinski definition) is 1. The van der Waals surface area contributed by atoms with Gasteiger partial charge in [0.25, 0.3) is 0 Å². The van der Waals surface area contributed by atoms with E-state index < -0.39 is 0 Å². The maximum atomic E-state index is 10.5. The van der Waals surface area contributed by atoms with E-state index in [0.717, 1.165) is 29.7 Å². The summed E-state index contributed by atoms with van der Waals surface area (Å²) in [7, 11) is 0. The highest BCUT2D eigenvalue weighted by molar-refractivity contribution is 6.31. The van der Waals surface area contributed by atoms with Crippen molar-refractivity contribution in [3.8, 4) is 0 Å². The minimum Gasteiger partial charge on any atom is -0.298 e. The Bertz CT molecular complexity index is 226. The third-order valence-corrected chi connectivity index (χ3v) is 3.28. The quantitative estimate of drug-likeness (QED) is 0.553. The Balaban J connectivity index is 2.17. The highest BCUT2D eigenvalue weighted by Crippen LogP contribution is 2.57. The fourth-order valence-corrected chi connectivity index (χ4v) is 2.22. The molecule has 0 unspecified atom stereocenters. The lowest BCUT2D eigenvalue weighted by Gasteiger charge is -2.20. The highest BCUT2D eigenvalue weighted by atomic mass is 35.5. The lowest BCUT2D eigenvalue weighted by molar-refractivity contribution is -0.105. The van der Waals surface area contributed by atoms with Gasteiger partial charge < -0.3 is 0 Å². The van der Waals surface area contributed by atoms with Crippen LogP contribution in [0.3, 0.4) is 0 Å². The Morgan fingerprint density at radius 3 is 2.55 bits per heavy atom. The van der Waals surface area contributed by atoms with Crippen LogP contribution in [-0.4, -0.2) is 6.29 Å². The normalized spacial score (nSPS) is 27.4. The summed E-state index contributed by atoms with van der Waals surface area (Å²) in [6.45, 7) is 0. The van der Waals surface area contributed by atoms with Crippen molar-refractivity contribution < 1.29 is 4.79 Å². The van der Waals surface area contributed by atoms with Crippen molar-refractivity contribution in [2.45, 2.75) is 32.1 Å². The Labute approximate surface area is 71.4 Å². The molecule has 0 amide bonds. The second-order valence-corrected chi connectivity index (χ2v) is 4.18. The first-order valence-corrected chi connectivity index (χ1v) is 4.46. The molecule has 1 saturated carbocycles. The van der Waals surface area contributed by atoms with Crippen molar-refractivity contribution >= 4 is 17.9 Å². The van der Waals surface area contributed by atoms with Crippen LogP contribution in [0.15, 0.2) is 10.6 Å². The van der Waals surface area contributed by atoms with Crippen LogP contribution >= 0.6 is 11.6 Å². The molecule has 0 saturated heterocycles. The summed E-state index contributed by atoms with van der Waals surface area (Å²) in [5, 5.41) is 0.823. The Morgan fingerprint density at radius 1 is 1.36 bits per heavy atom. The van der Waals surface area contributed by atoms with Crippen molar-refractivity contribution in [3.05, 3.63) is 10.6 Å². The molecule has 1 fully saturated rings. The molecular formula is C9H11ClO. The first-order valence-electron chi connectivity index (χ1n) is 4.08. The largest absolute Gasteiger partial charge is 0.298 e. The molecule has 0 atom stereocenters. The van der Waals surface area contributed by atoms with Crippen molar-refractivity contribution in [1.82, 2.24) is 0 Å². The molecular weight excluding hydrogens is 160 g/mol. The summed E-state index contributed by atoms with van der Waals surface area (Å²) in [5.74, 6) is 0. The van der Waals surface area contributed by atoms with Gasteiger partial charge in [-0.05, 0) is 37.5 Å². The number of hydrogen-bond donors (Lipinski definition) is 0. The minimum atomic E-state index is 0.531. The van der Waals surface area contributed by atoms with Crippen LogP contribution in [0.4, 0.5) is 0 Å². The van der Waals surface area contributed by atoms with E-state index in [0.29, 0.717) is 5.41 Å². The van der Waals surface area contributed by atoms with Crippen LogP contribution in [0, 0.1) is 5.41 Å². The summed E-state index contributed by atoms with van der Waals surface area (Å²) < 4.78 is 0. The van der Waals surface area contributed by atoms with Gasteiger partial charge in [0, 0.05) is 10.6 Å². The molecule has 0 radical (unpaired) electrons. The zero-order chi connectivity index (χ0) is 7.90. The van der Waals surface area contributed by atoms with Crippen molar-refractivity contribution in [3.63, 3.8) is 0 Å². The van der Waals surface area contributed by atoms with Gasteiger partial charge in [0.2, 0.25) is 0 Å². The standard InChI is InChI=1S/C9H11ClO/c10-8-5-9(3-4-9)2-1-7(8)6-11/h6H,1-5H2. The first kappa shape index (κ1) is 7.35. The van der Waals surface area contributed by atoms with E-state index in [1.54, 1.807) is 0 Å². The SMILES string of the molecule is O=CC1=C(Cl)CC2(CC1)CC2. The van der Waals surface area contributed by atoms with Gasteiger partial charge in [-0.1, -0.05) is 11.6 Å². The molecule has 0 aliphatic heterocycles. The number of allylic oxidation sites excluding steroid dienone is 2. The molecule has 1 nitrogen and oxygen atoms in total. The van der Waals surface area contributed by atoms with E-state index in [2.05, 4.69) is 0 Å². The van der Waals surface area contributed by atoms with E-state index in [1.165, 1.54) is 19.3 Å². The van der Waals surface area contributed by atoms with E-state index in [-0.39, 0.29) is 0 Å². The Morgan fingerprint density at radius 2 is 2.09 bits per heavy atom. The van der Waals surface area contributed by atoms with Gasteiger partial charge in [-0.3, -0.25) is 4.79 Å². The molecule has 0 heterocycles. The molecule has 2 aliphatic carbocycles. The fraction of sp³-hybridized carbons (Fsp3) is 0.667. The van der Waals surface area contributed by atoms with Gasteiger partial charge in [-0.2, -0.15) is 0 Å². The second kappa shape index (κ2) is 2.34. The molecule has 2 rings (SSSR count). The third kappa shape index (κ3) is 1.22. The molecule has 0 aromatic carbocycles. The van der Waals surface area contributed by atoms with E-state index in [4.69, 9.17) is 11.6 Å². The fourth-order valence-electron chi connectivity index (χ4n) is 1.79. The van der Waals surface area contributed by atoms with Gasteiger partial charge in [0.05, 0.1) is 0 Å². The van der Waals surface area contributed by atoms with Crippen LogP contribution in [0.1, 0.15) is 32.1 Å². The van der Waals surface area contributed by atoms with Gasteiger partial charge in [0.1, 0.15) is 6.29 Å². The lowest BCUT2D eigenvalue weighted by atomic mass is 9.87. The predicted octanol–water partition coefficient (Wildman–Crippen LogP) is 2.64. The van der Waals surface area contributed by atoms with Gasteiger partial charge in [-0.25, -0.2) is 0 Å². The number of halogens is 1. The van der Waals surface area contributed by atoms with Gasteiger partial charge in [-0.15, -0.1) is 0 Å². The van der Waals surface area contributed by atoms with E-state index >= 15 is 0 Å². The Kier molecular flexibility index (Phi) is 1.57. The molecule has 0 N–H and O–H groups in total. The number of rotatable bonds is 1. The number of carbonyl (C=O) groups excluding carboxylic acids is 1. The topological polar surface area (TPSA) is 17.1 Å². The van der Waals surface area contributed by atoms with Crippen LogP contribution in [0.2, 0.25) is 0 Å². The molecule has 0 aromatic rings. The summed E-state index contributed by atoms with van der Waals surface area (Å²) >= 11 is 5.96. The van der Waals surface area contributed by atoms with Crippen molar-refractivity contribution in [1.29, 1.82) is 0 Å². The average Bonchev–Trinajstić information content (AvgIpc) is 2.70. The smallest absolute Gasteiger partial charge is 0.147 e. The molecule has 0 bridgehead atoms. The van der Waals surface area contributed by atoms with Crippen molar-refractivity contribution in [2.75, 3.05) is 0 Å². The summed E-state index contributed by atoms with van der Waals surface area (Å²) in [4.78, 5) is 10.5. The molecule has 1 spiro atoms. The molecule has 0 aromatic heterocycles. The predicted molar refractivity (Wildman–Crippen MR) is 44.5 cm³/mol. The third-order valence-electron chi connectivity index (χ3n) is 2.90. The van der Waals surface area contributed by atoms with Gasteiger partial charge in [0.15, 0.2) is 0 Å². The maximum Gasteiger partial charge on any atom is 0.147 e. The summed E-state index contributed by atoms with van der Waals surface area (Å²) in [5.41, 5.74) is 1.37. The molecule has 11 heavy (non-hydrogen) atoms. The van der Waals surface area contributed by atoms with E-state index in [1.807, 2.05) is 0 Å². The van der Waals surface area contributed by atoms with Gasteiger partial charge >= 0.3 is 0 Å². The number of carbonyl (C=O) groups is 1. The summed E-state index contributed by atoms with van der Waals surface area (Å²) in [6.07, 6.45) is 6.59. The number of aldehydes is 1. The zero-order valence-electron chi connectivity index (χ0n) is 6.40. The monoisotopic (exact) mass is 170 g/mol. The van der Waals surface area contributed by atoms with Crippen LogP contribution in [0.25, 0.3) is 0 Å². The van der Waals surface area contributed by atoms with Crippen LogP contribution in [-0.2, 0) is 4.79 Å². The first-order chi connectivity index (χ1) is 5.26. The molecule has 2 aliphatic rings. The summed E-state index contributed by atoms with van der Waals surface area (Å²) in [6, 6.07) is 0. The van der Waals surface area contributed by atoms with Crippen LogP contribution in [0.5, 0.6) is 0 Å². The van der Waals surface area contributed by atoms with E-state index in [9.17, 15) is 4.79 Å². The Hall–Kier alpha value is -0.300. The second-order valence-electron chi connectivity index (χ2n) is 3.72. The van der Waals surface area contributed by atoms with Crippen molar-refractivity contribution in [2.24, 2.45) is 5.41 Å². The highest BCUT2D eigenvalue weighted by Gasteiger charge is 2.44. The lowest BCUT2D eigenvalue weighted by Crippen LogP contribution is -2.09.